The maximum atomic E-state index is 12.7. The van der Waals surface area contributed by atoms with Gasteiger partial charge in [-0.15, -0.1) is 0 Å². The van der Waals surface area contributed by atoms with E-state index in [9.17, 15) is 4.79 Å². The van der Waals surface area contributed by atoms with Gasteiger partial charge in [0.15, 0.2) is 5.69 Å². The fourth-order valence-electron chi connectivity index (χ4n) is 4.23. The highest BCUT2D eigenvalue weighted by Crippen LogP contribution is 2.21. The van der Waals surface area contributed by atoms with Crippen LogP contribution in [0.25, 0.3) is 0 Å². The van der Waals surface area contributed by atoms with E-state index in [0.29, 0.717) is 24.0 Å². The molecular weight excluding hydrogens is 380 g/mol. The maximum absolute atomic E-state index is 12.7. The fraction of sp³-hybridized carbons (Fsp3) is 0.565. The van der Waals surface area contributed by atoms with Crippen LogP contribution in [0.3, 0.4) is 0 Å². The molecule has 2 saturated heterocycles. The zero-order chi connectivity index (χ0) is 20.9. The van der Waals surface area contributed by atoms with E-state index >= 15 is 0 Å². The first-order chi connectivity index (χ1) is 14.6. The van der Waals surface area contributed by atoms with Crippen LogP contribution in [0.2, 0.25) is 0 Å². The summed E-state index contributed by atoms with van der Waals surface area (Å²) in [6.45, 7) is 9.28. The van der Waals surface area contributed by atoms with Crippen LogP contribution in [-0.2, 0) is 13.1 Å². The molecule has 7 nitrogen and oxygen atoms in total. The van der Waals surface area contributed by atoms with E-state index in [4.69, 9.17) is 9.15 Å². The van der Waals surface area contributed by atoms with E-state index < -0.39 is 0 Å². The van der Waals surface area contributed by atoms with Crippen LogP contribution >= 0.6 is 0 Å². The standard InChI is InChI=1S/C23H32N4O3/c1-18-7-9-27(10-8-18)23(28)20-17-30-22(24-20)16-26-13-11-25(12-14-26)15-19-5-3-4-6-21(19)29-2/h3-6,17-18H,7-16H2,1-2H3. The van der Waals surface area contributed by atoms with Crippen LogP contribution in [0.15, 0.2) is 34.9 Å². The Hall–Kier alpha value is -2.38. The topological polar surface area (TPSA) is 62.1 Å². The SMILES string of the molecule is COc1ccccc1CN1CCN(Cc2nc(C(=O)N3CCC(C)CC3)co2)CC1. The summed E-state index contributed by atoms with van der Waals surface area (Å²) in [5.41, 5.74) is 1.66. The van der Waals surface area contributed by atoms with E-state index in [2.05, 4.69) is 33.8 Å². The molecular formula is C23H32N4O3. The minimum Gasteiger partial charge on any atom is -0.496 e. The highest BCUT2D eigenvalue weighted by Gasteiger charge is 2.25. The molecule has 162 valence electrons. The molecule has 0 aliphatic carbocycles. The summed E-state index contributed by atoms with van der Waals surface area (Å²) in [7, 11) is 1.72. The van der Waals surface area contributed by atoms with Crippen molar-refractivity contribution < 1.29 is 13.9 Å². The summed E-state index contributed by atoms with van der Waals surface area (Å²) >= 11 is 0. The number of ether oxygens (including phenoxy) is 1. The summed E-state index contributed by atoms with van der Waals surface area (Å²) in [6.07, 6.45) is 3.65. The van der Waals surface area contributed by atoms with Crippen LogP contribution < -0.4 is 4.74 Å². The molecule has 2 aromatic rings. The molecule has 2 aliphatic heterocycles. The van der Waals surface area contributed by atoms with Crippen LogP contribution in [0.4, 0.5) is 0 Å². The monoisotopic (exact) mass is 412 g/mol. The third-order valence-electron chi connectivity index (χ3n) is 6.25. The summed E-state index contributed by atoms with van der Waals surface area (Å²) in [5, 5.41) is 0. The molecule has 0 spiro atoms. The van der Waals surface area contributed by atoms with Gasteiger partial charge in [0.25, 0.3) is 5.91 Å². The van der Waals surface area contributed by atoms with Gasteiger partial charge >= 0.3 is 0 Å². The second kappa shape index (κ2) is 9.62. The molecule has 0 radical (unpaired) electrons. The Balaban J connectivity index is 1.26. The van der Waals surface area contributed by atoms with Gasteiger partial charge in [-0.1, -0.05) is 25.1 Å². The van der Waals surface area contributed by atoms with Crippen molar-refractivity contribution in [1.29, 1.82) is 0 Å². The second-order valence-electron chi connectivity index (χ2n) is 8.47. The number of carbonyl (C=O) groups is 1. The number of piperazine rings is 1. The number of likely N-dealkylation sites (tertiary alicyclic amines) is 1. The first-order valence-corrected chi connectivity index (χ1v) is 10.9. The zero-order valence-electron chi connectivity index (χ0n) is 18.0. The van der Waals surface area contributed by atoms with Crippen molar-refractivity contribution >= 4 is 5.91 Å². The van der Waals surface area contributed by atoms with Crippen molar-refractivity contribution in [2.24, 2.45) is 5.92 Å². The van der Waals surface area contributed by atoms with Crippen molar-refractivity contribution in [3.8, 4) is 5.75 Å². The van der Waals surface area contributed by atoms with Crippen molar-refractivity contribution in [1.82, 2.24) is 19.7 Å². The minimum absolute atomic E-state index is 0.00136. The van der Waals surface area contributed by atoms with Crippen molar-refractivity contribution in [3.05, 3.63) is 47.7 Å². The molecule has 2 fully saturated rings. The number of nitrogens with zero attached hydrogens (tertiary/aromatic N) is 4. The fourth-order valence-corrected chi connectivity index (χ4v) is 4.23. The van der Waals surface area contributed by atoms with Gasteiger partial charge in [0.05, 0.1) is 13.7 Å². The zero-order valence-corrected chi connectivity index (χ0v) is 18.0. The summed E-state index contributed by atoms with van der Waals surface area (Å²) in [5.74, 6) is 2.27. The summed E-state index contributed by atoms with van der Waals surface area (Å²) in [4.78, 5) is 23.8. The predicted molar refractivity (Wildman–Crippen MR) is 114 cm³/mol. The van der Waals surface area contributed by atoms with Gasteiger partial charge in [-0.05, 0) is 24.8 Å². The number of hydrogen-bond donors (Lipinski definition) is 0. The Morgan fingerprint density at radius 3 is 2.43 bits per heavy atom. The van der Waals surface area contributed by atoms with Crippen molar-refractivity contribution in [2.45, 2.75) is 32.9 Å². The number of benzene rings is 1. The van der Waals surface area contributed by atoms with Gasteiger partial charge in [0.1, 0.15) is 12.0 Å². The van der Waals surface area contributed by atoms with E-state index in [1.807, 2.05) is 17.0 Å². The van der Waals surface area contributed by atoms with Crippen molar-refractivity contribution in [3.63, 3.8) is 0 Å². The van der Waals surface area contributed by atoms with Gasteiger partial charge in [-0.2, -0.15) is 0 Å². The lowest BCUT2D eigenvalue weighted by molar-refractivity contribution is 0.0691. The minimum atomic E-state index is -0.00136. The molecule has 1 aromatic heterocycles. The van der Waals surface area contributed by atoms with Crippen LogP contribution in [0.5, 0.6) is 5.75 Å². The number of aromatic nitrogens is 1. The van der Waals surface area contributed by atoms with E-state index in [1.165, 1.54) is 11.8 Å². The Morgan fingerprint density at radius 2 is 1.73 bits per heavy atom. The highest BCUT2D eigenvalue weighted by atomic mass is 16.5. The molecule has 3 heterocycles. The maximum Gasteiger partial charge on any atom is 0.275 e. The Bertz CT molecular complexity index is 836. The molecule has 1 aromatic carbocycles. The number of amides is 1. The average molecular weight is 413 g/mol. The van der Waals surface area contributed by atoms with E-state index in [1.54, 1.807) is 7.11 Å². The molecule has 4 rings (SSSR count). The van der Waals surface area contributed by atoms with Crippen LogP contribution in [0, 0.1) is 5.92 Å². The molecule has 0 N–H and O–H groups in total. The lowest BCUT2D eigenvalue weighted by atomic mass is 9.99. The van der Waals surface area contributed by atoms with Gasteiger partial charge in [-0.25, -0.2) is 4.98 Å². The van der Waals surface area contributed by atoms with Crippen LogP contribution in [0.1, 0.15) is 41.7 Å². The largest absolute Gasteiger partial charge is 0.496 e. The quantitative estimate of drug-likeness (QED) is 0.727. The molecule has 2 aliphatic rings. The lowest BCUT2D eigenvalue weighted by Crippen LogP contribution is -2.45. The third kappa shape index (κ3) is 5.02. The first kappa shape index (κ1) is 20.9. The Kier molecular flexibility index (Phi) is 6.69. The molecule has 0 saturated carbocycles. The van der Waals surface area contributed by atoms with Gasteiger partial charge in [-0.3, -0.25) is 14.6 Å². The molecule has 0 bridgehead atoms. The molecule has 30 heavy (non-hydrogen) atoms. The normalized spacial score (nSPS) is 19.2. The number of oxazole rings is 1. The highest BCUT2D eigenvalue weighted by molar-refractivity contribution is 5.92. The summed E-state index contributed by atoms with van der Waals surface area (Å²) in [6, 6.07) is 8.19. The smallest absolute Gasteiger partial charge is 0.275 e. The number of rotatable bonds is 6. The van der Waals surface area contributed by atoms with Crippen LogP contribution in [-0.4, -0.2) is 72.0 Å². The molecule has 1 amide bonds. The third-order valence-corrected chi connectivity index (χ3v) is 6.25. The number of methoxy groups -OCH3 is 1. The molecule has 7 heteroatoms. The van der Waals surface area contributed by atoms with E-state index in [0.717, 1.165) is 64.4 Å². The van der Waals surface area contributed by atoms with Crippen molar-refractivity contribution in [2.75, 3.05) is 46.4 Å². The molecule has 0 unspecified atom stereocenters. The Labute approximate surface area is 178 Å². The average Bonchev–Trinajstić information content (AvgIpc) is 3.24. The summed E-state index contributed by atoms with van der Waals surface area (Å²) < 4.78 is 11.1. The number of carbonyl (C=O) groups excluding carboxylic acids is 1. The van der Waals surface area contributed by atoms with E-state index in [-0.39, 0.29) is 5.91 Å². The number of piperidine rings is 1. The Morgan fingerprint density at radius 1 is 1.07 bits per heavy atom. The first-order valence-electron chi connectivity index (χ1n) is 10.9. The lowest BCUT2D eigenvalue weighted by Gasteiger charge is -2.34. The molecule has 0 atom stereocenters. The van der Waals surface area contributed by atoms with Gasteiger partial charge < -0.3 is 14.1 Å². The second-order valence-corrected chi connectivity index (χ2v) is 8.47. The van der Waals surface area contributed by atoms with Gasteiger partial charge in [0.2, 0.25) is 5.89 Å². The number of para-hydroxylation sites is 1. The predicted octanol–water partition coefficient (Wildman–Crippen LogP) is 2.87. The van der Waals surface area contributed by atoms with Gasteiger partial charge in [0, 0.05) is 51.4 Å². The number of hydrogen-bond acceptors (Lipinski definition) is 6.